The number of aryl methyl sites for hydroxylation is 2. The number of pyridine rings is 1. The van der Waals surface area contributed by atoms with Crippen LogP contribution in [0.3, 0.4) is 0 Å². The van der Waals surface area contributed by atoms with Crippen LogP contribution >= 0.6 is 0 Å². The maximum atomic E-state index is 9.66. The van der Waals surface area contributed by atoms with Crippen LogP contribution in [0.15, 0.2) is 30.3 Å². The molecule has 3 rings (SSSR count). The third-order valence-corrected chi connectivity index (χ3v) is 4.07. The van der Waals surface area contributed by atoms with Crippen LogP contribution in [0.5, 0.6) is 5.75 Å². The first-order valence-corrected chi connectivity index (χ1v) is 7.62. The van der Waals surface area contributed by atoms with Gasteiger partial charge in [-0.15, -0.1) is 0 Å². The van der Waals surface area contributed by atoms with Gasteiger partial charge in [-0.3, -0.25) is 4.98 Å². The summed E-state index contributed by atoms with van der Waals surface area (Å²) in [4.78, 5) is 6.54. The molecule has 0 spiro atoms. The number of hydrogen-bond acceptors (Lipinski definition) is 5. The average molecular weight is 309 g/mol. The molecule has 0 saturated carbocycles. The van der Waals surface area contributed by atoms with E-state index >= 15 is 0 Å². The second-order valence-corrected chi connectivity index (χ2v) is 5.76. The van der Waals surface area contributed by atoms with Crippen molar-refractivity contribution in [3.05, 3.63) is 52.8 Å². The van der Waals surface area contributed by atoms with Crippen molar-refractivity contribution in [2.45, 2.75) is 20.0 Å². The van der Waals surface area contributed by atoms with Gasteiger partial charge in [0.1, 0.15) is 17.9 Å². The maximum absolute atomic E-state index is 9.66. The molecular weight excluding hydrogens is 290 g/mol. The van der Waals surface area contributed by atoms with Crippen LogP contribution in [0.2, 0.25) is 0 Å². The van der Waals surface area contributed by atoms with Crippen molar-refractivity contribution < 1.29 is 9.84 Å². The van der Waals surface area contributed by atoms with Gasteiger partial charge in [0, 0.05) is 18.8 Å². The van der Waals surface area contributed by atoms with Gasteiger partial charge in [0.15, 0.2) is 0 Å². The summed E-state index contributed by atoms with van der Waals surface area (Å²) >= 11 is 0. The Balaban J connectivity index is 1.92. The Labute approximate surface area is 135 Å². The Morgan fingerprint density at radius 3 is 2.91 bits per heavy atom. The highest BCUT2D eigenvalue weighted by atomic mass is 16.5. The zero-order chi connectivity index (χ0) is 16.4. The molecule has 0 amide bonds. The number of phenolic OH excluding ortho intramolecular Hbond substituents is 1. The lowest BCUT2D eigenvalue weighted by Gasteiger charge is -2.35. The summed E-state index contributed by atoms with van der Waals surface area (Å²) in [6.07, 6.45) is -0.129. The van der Waals surface area contributed by atoms with E-state index in [4.69, 9.17) is 4.74 Å². The number of aromatic nitrogens is 1. The molecule has 2 aromatic rings. The molecule has 5 heteroatoms. The second kappa shape index (κ2) is 6.27. The van der Waals surface area contributed by atoms with Gasteiger partial charge in [-0.05, 0) is 37.6 Å². The third-order valence-electron chi connectivity index (χ3n) is 4.07. The summed E-state index contributed by atoms with van der Waals surface area (Å²) in [5.74, 6) is 0.233. The molecule has 23 heavy (non-hydrogen) atoms. The number of hydrogen-bond donors (Lipinski definition) is 1. The summed E-state index contributed by atoms with van der Waals surface area (Å²) in [6, 6.07) is 11.4. The summed E-state index contributed by atoms with van der Waals surface area (Å²) < 4.78 is 5.85. The first kappa shape index (κ1) is 15.3. The summed E-state index contributed by atoms with van der Waals surface area (Å²) in [5.41, 5.74) is 4.12. The number of phenols is 1. The van der Waals surface area contributed by atoms with E-state index in [0.717, 1.165) is 29.2 Å². The molecule has 118 valence electrons. The molecule has 1 atom stereocenters. The number of anilines is 1. The Morgan fingerprint density at radius 2 is 2.17 bits per heavy atom. The van der Waals surface area contributed by atoms with Crippen LogP contribution in [0.4, 0.5) is 5.69 Å². The first-order valence-electron chi connectivity index (χ1n) is 7.62. The minimum Gasteiger partial charge on any atom is -0.508 e. The Hall–Kier alpha value is -2.58. The zero-order valence-electron chi connectivity index (χ0n) is 13.3. The summed E-state index contributed by atoms with van der Waals surface area (Å²) in [6.45, 7) is 5.74. The topological polar surface area (TPSA) is 69.4 Å². The van der Waals surface area contributed by atoms with E-state index in [-0.39, 0.29) is 11.9 Å². The van der Waals surface area contributed by atoms with Gasteiger partial charge in [0.25, 0.3) is 0 Å². The fourth-order valence-corrected chi connectivity index (χ4v) is 2.99. The Kier molecular flexibility index (Phi) is 4.18. The van der Waals surface area contributed by atoms with Gasteiger partial charge in [-0.1, -0.05) is 12.1 Å². The molecule has 1 aromatic heterocycles. The lowest BCUT2D eigenvalue weighted by molar-refractivity contribution is 0.0396. The van der Waals surface area contributed by atoms with Crippen LogP contribution in [0.1, 0.15) is 28.6 Å². The Bertz CT molecular complexity index is 767. The zero-order valence-corrected chi connectivity index (χ0v) is 13.3. The maximum Gasteiger partial charge on any atom is 0.115 e. The molecule has 1 aliphatic rings. The molecular formula is C18H19N3O2. The van der Waals surface area contributed by atoms with Crippen LogP contribution in [-0.2, 0) is 4.74 Å². The van der Waals surface area contributed by atoms with Crippen LogP contribution < -0.4 is 4.90 Å². The highest BCUT2D eigenvalue weighted by molar-refractivity contribution is 5.62. The molecule has 1 unspecified atom stereocenters. The lowest BCUT2D eigenvalue weighted by atomic mass is 10.1. The van der Waals surface area contributed by atoms with E-state index in [0.29, 0.717) is 18.7 Å². The van der Waals surface area contributed by atoms with Crippen molar-refractivity contribution in [1.82, 2.24) is 4.98 Å². The number of morpholine rings is 1. The van der Waals surface area contributed by atoms with Crippen molar-refractivity contribution >= 4 is 5.69 Å². The molecule has 5 nitrogen and oxygen atoms in total. The van der Waals surface area contributed by atoms with Gasteiger partial charge >= 0.3 is 0 Å². The summed E-state index contributed by atoms with van der Waals surface area (Å²) in [5, 5.41) is 19.1. The lowest BCUT2D eigenvalue weighted by Crippen LogP contribution is -2.39. The third kappa shape index (κ3) is 3.13. The fraction of sp³-hybridized carbons (Fsp3) is 0.333. The Morgan fingerprint density at radius 1 is 1.35 bits per heavy atom. The van der Waals surface area contributed by atoms with Crippen molar-refractivity contribution in [2.75, 3.05) is 24.6 Å². The van der Waals surface area contributed by atoms with Gasteiger partial charge in [-0.25, -0.2) is 0 Å². The van der Waals surface area contributed by atoms with E-state index in [2.05, 4.69) is 16.0 Å². The second-order valence-electron chi connectivity index (χ2n) is 5.76. The summed E-state index contributed by atoms with van der Waals surface area (Å²) in [7, 11) is 0. The van der Waals surface area contributed by atoms with Crippen molar-refractivity contribution in [3.63, 3.8) is 0 Å². The molecule has 1 N–H and O–H groups in total. The normalized spacial score (nSPS) is 17.8. The molecule has 1 saturated heterocycles. The SMILES string of the molecule is Cc1cc(N2CCOC(c3cccc(O)c3)C2)c(C#N)c(C)n1. The van der Waals surface area contributed by atoms with E-state index < -0.39 is 0 Å². The first-order chi connectivity index (χ1) is 11.1. The van der Waals surface area contributed by atoms with E-state index in [1.165, 1.54) is 0 Å². The quantitative estimate of drug-likeness (QED) is 0.923. The van der Waals surface area contributed by atoms with Gasteiger partial charge in [0.05, 0.1) is 23.6 Å². The van der Waals surface area contributed by atoms with Gasteiger partial charge in [-0.2, -0.15) is 5.26 Å². The molecule has 1 aliphatic heterocycles. The number of aromatic hydroxyl groups is 1. The number of nitrogens with zero attached hydrogens (tertiary/aromatic N) is 3. The number of benzene rings is 1. The van der Waals surface area contributed by atoms with Crippen LogP contribution in [0.25, 0.3) is 0 Å². The average Bonchev–Trinajstić information content (AvgIpc) is 2.54. The number of ether oxygens (including phenoxy) is 1. The largest absolute Gasteiger partial charge is 0.508 e. The molecule has 0 bridgehead atoms. The minimum atomic E-state index is -0.129. The number of nitriles is 1. The smallest absolute Gasteiger partial charge is 0.115 e. The fourth-order valence-electron chi connectivity index (χ4n) is 2.99. The number of rotatable bonds is 2. The van der Waals surface area contributed by atoms with Crippen LogP contribution in [0, 0.1) is 25.2 Å². The molecule has 2 heterocycles. The van der Waals surface area contributed by atoms with Crippen molar-refractivity contribution in [3.8, 4) is 11.8 Å². The van der Waals surface area contributed by atoms with E-state index in [9.17, 15) is 10.4 Å². The molecule has 1 aromatic carbocycles. The monoisotopic (exact) mass is 309 g/mol. The standard InChI is InChI=1S/C18H19N3O2/c1-12-8-17(16(10-19)13(2)20-12)21-6-7-23-18(11-21)14-4-3-5-15(22)9-14/h3-5,8-9,18,22H,6-7,11H2,1-2H3. The van der Waals surface area contributed by atoms with E-state index in [1.807, 2.05) is 32.0 Å². The van der Waals surface area contributed by atoms with Crippen molar-refractivity contribution in [2.24, 2.45) is 0 Å². The highest BCUT2D eigenvalue weighted by Gasteiger charge is 2.25. The van der Waals surface area contributed by atoms with Crippen molar-refractivity contribution in [1.29, 1.82) is 5.26 Å². The predicted octanol–water partition coefficient (Wildman–Crippen LogP) is 2.85. The van der Waals surface area contributed by atoms with E-state index in [1.54, 1.807) is 12.1 Å². The molecule has 0 aliphatic carbocycles. The predicted molar refractivity (Wildman–Crippen MR) is 87.4 cm³/mol. The highest BCUT2D eigenvalue weighted by Crippen LogP contribution is 2.30. The van der Waals surface area contributed by atoms with Gasteiger partial charge in [0.2, 0.25) is 0 Å². The molecule has 0 radical (unpaired) electrons. The minimum absolute atomic E-state index is 0.129. The van der Waals surface area contributed by atoms with Gasteiger partial charge < -0.3 is 14.7 Å². The molecule has 1 fully saturated rings. The van der Waals surface area contributed by atoms with Crippen LogP contribution in [-0.4, -0.2) is 29.8 Å².